The summed E-state index contributed by atoms with van der Waals surface area (Å²) in [6.45, 7) is 0.874. The van der Waals surface area contributed by atoms with E-state index in [4.69, 9.17) is 27.9 Å². The predicted molar refractivity (Wildman–Crippen MR) is 196 cm³/mol. The van der Waals surface area contributed by atoms with E-state index in [1.54, 1.807) is 11.3 Å². The second-order valence-corrected chi connectivity index (χ2v) is 15.4. The summed E-state index contributed by atoms with van der Waals surface area (Å²) in [6.07, 6.45) is 5.59. The number of hydrogen-bond acceptors (Lipinski definition) is 12. The van der Waals surface area contributed by atoms with Crippen LogP contribution in [0.25, 0.3) is 10.9 Å². The maximum absolute atomic E-state index is 13.4. The number of thiophene rings is 1. The number of halogens is 1. The smallest absolute Gasteiger partial charge is 0.234 e. The number of anilines is 1. The highest BCUT2D eigenvalue weighted by molar-refractivity contribution is 8.00. The van der Waals surface area contributed by atoms with Crippen LogP contribution < -0.4 is 21.1 Å². The van der Waals surface area contributed by atoms with Gasteiger partial charge in [0.1, 0.15) is 23.0 Å². The van der Waals surface area contributed by atoms with Gasteiger partial charge in [0, 0.05) is 45.8 Å². The van der Waals surface area contributed by atoms with Gasteiger partial charge in [0.15, 0.2) is 35.6 Å². The van der Waals surface area contributed by atoms with Gasteiger partial charge < -0.3 is 30.8 Å². The number of ketones is 1. The van der Waals surface area contributed by atoms with Gasteiger partial charge in [-0.25, -0.2) is 14.5 Å². The number of β-lactam (4-membered cyclic amide) rings is 1. The van der Waals surface area contributed by atoms with Gasteiger partial charge in [-0.15, -0.1) is 23.1 Å². The summed E-state index contributed by atoms with van der Waals surface area (Å²) in [5, 5.41) is 18.8. The lowest BCUT2D eigenvalue weighted by Crippen LogP contribution is -2.63. The van der Waals surface area contributed by atoms with Gasteiger partial charge in [-0.2, -0.15) is 0 Å². The van der Waals surface area contributed by atoms with Gasteiger partial charge in [-0.1, -0.05) is 46.3 Å². The minimum Gasteiger partial charge on any atom is -0.543 e. The second kappa shape index (κ2) is 14.3. The summed E-state index contributed by atoms with van der Waals surface area (Å²) in [4.78, 5) is 54.8. The van der Waals surface area contributed by atoms with E-state index in [1.165, 1.54) is 23.8 Å². The molecule has 5 aromatic rings. The number of para-hydroxylation sites is 1. The Morgan fingerprint density at radius 1 is 1.22 bits per heavy atom. The zero-order valence-corrected chi connectivity index (χ0v) is 30.1. The average molecular weight is 761 g/mol. The maximum Gasteiger partial charge on any atom is 0.234 e. The number of aliphatic imine (C=N–C) groups is 1. The number of carbonyl (C=O) groups excluding carboxylic acids is 3. The summed E-state index contributed by atoms with van der Waals surface area (Å²) >= 11 is 10.2. The maximum atomic E-state index is 13.4. The number of thioether (sulfide) groups is 1. The summed E-state index contributed by atoms with van der Waals surface area (Å²) in [7, 11) is 1.27. The SMILES string of the molecule is CO/N=C(\C(=O)C[C@@H]1C(=O)N2C(C(=O)[O-])=C(C[n+]3ccc4c(ccn4Cc4cc(C(N)=Nc5ccccc5)cs4)c3)CS[C@H]12)c1nc(N)sc1Cl. The highest BCUT2D eigenvalue weighted by Gasteiger charge is 2.53. The number of Topliss-reactive ketones (excluding diaryl/α,β-unsaturated/α-hetero) is 1. The topological polar surface area (TPSA) is 185 Å². The molecule has 1 saturated heterocycles. The van der Waals surface area contributed by atoms with Gasteiger partial charge in [0.25, 0.3) is 0 Å². The first kappa shape index (κ1) is 34.4. The van der Waals surface area contributed by atoms with Gasteiger partial charge in [0.05, 0.1) is 46.1 Å². The third kappa shape index (κ3) is 6.87. The van der Waals surface area contributed by atoms with Crippen molar-refractivity contribution in [3.05, 3.63) is 104 Å². The first-order valence-electron chi connectivity index (χ1n) is 15.5. The number of hydrogen-bond donors (Lipinski definition) is 2. The van der Waals surface area contributed by atoms with Crippen LogP contribution in [0.1, 0.15) is 22.6 Å². The lowest BCUT2D eigenvalue weighted by atomic mass is 9.89. The fourth-order valence-corrected chi connectivity index (χ4v) is 9.33. The molecule has 260 valence electrons. The van der Waals surface area contributed by atoms with Crippen molar-refractivity contribution in [2.75, 3.05) is 18.6 Å². The number of rotatable bonds is 12. The normalized spacial score (nSPS) is 17.8. The number of fused-ring (bicyclic) bond motifs is 2. The van der Waals surface area contributed by atoms with E-state index < -0.39 is 29.0 Å². The van der Waals surface area contributed by atoms with Crippen molar-refractivity contribution in [1.82, 2.24) is 14.5 Å². The highest BCUT2D eigenvalue weighted by atomic mass is 35.5. The van der Waals surface area contributed by atoms with Crippen LogP contribution in [-0.2, 0) is 32.3 Å². The minimum absolute atomic E-state index is 0.0724. The van der Waals surface area contributed by atoms with Crippen molar-refractivity contribution in [3.63, 3.8) is 0 Å². The molecule has 0 aliphatic carbocycles. The molecule has 17 heteroatoms. The van der Waals surface area contributed by atoms with Crippen molar-refractivity contribution in [1.29, 1.82) is 0 Å². The summed E-state index contributed by atoms with van der Waals surface area (Å²) in [5.41, 5.74) is 15.0. The molecule has 0 radical (unpaired) electrons. The van der Waals surface area contributed by atoms with E-state index in [0.717, 1.165) is 38.4 Å². The number of carbonyl (C=O) groups is 3. The zero-order chi connectivity index (χ0) is 35.8. The molecule has 1 fully saturated rings. The molecular formula is C34H29ClN8O5S3. The Labute approximate surface area is 308 Å². The lowest BCUT2D eigenvalue weighted by Gasteiger charge is -2.50. The number of aromatic nitrogens is 3. The molecule has 6 heterocycles. The molecule has 4 N–H and O–H groups in total. The molecule has 0 saturated carbocycles. The van der Waals surface area contributed by atoms with Crippen molar-refractivity contribution < 1.29 is 28.9 Å². The molecule has 2 atom stereocenters. The monoisotopic (exact) mass is 760 g/mol. The number of nitrogens with two attached hydrogens (primary N) is 2. The molecule has 0 unspecified atom stereocenters. The van der Waals surface area contributed by atoms with Gasteiger partial charge in [-0.05, 0) is 24.3 Å². The number of carboxylic acid groups (broad SMARTS) is 1. The summed E-state index contributed by atoms with van der Waals surface area (Å²) in [6, 6.07) is 15.6. The number of oxime groups is 1. The van der Waals surface area contributed by atoms with Crippen LogP contribution in [0.15, 0.2) is 93.9 Å². The summed E-state index contributed by atoms with van der Waals surface area (Å²) in [5.74, 6) is -2.44. The first-order chi connectivity index (χ1) is 24.6. The molecule has 51 heavy (non-hydrogen) atoms. The molecular weight excluding hydrogens is 732 g/mol. The van der Waals surface area contributed by atoms with Crippen LogP contribution in [0, 0.1) is 5.92 Å². The number of nitrogen functional groups attached to an aromatic ring is 1. The van der Waals surface area contributed by atoms with Crippen molar-refractivity contribution in [3.8, 4) is 0 Å². The molecule has 2 aliphatic heterocycles. The van der Waals surface area contributed by atoms with E-state index in [2.05, 4.69) is 19.7 Å². The molecule has 7 rings (SSSR count). The van der Waals surface area contributed by atoms with Crippen LogP contribution >= 0.6 is 46.0 Å². The number of carboxylic acids is 1. The Balaban J connectivity index is 1.05. The molecule has 4 aromatic heterocycles. The van der Waals surface area contributed by atoms with E-state index in [0.29, 0.717) is 23.7 Å². The number of nitrogens with zero attached hydrogens (tertiary/aromatic N) is 6. The fourth-order valence-electron chi connectivity index (χ4n) is 6.12. The largest absolute Gasteiger partial charge is 0.543 e. The van der Waals surface area contributed by atoms with Gasteiger partial charge >= 0.3 is 0 Å². The van der Waals surface area contributed by atoms with Crippen LogP contribution in [-0.4, -0.2) is 61.9 Å². The average Bonchev–Trinajstić information content (AvgIpc) is 3.84. The standard InChI is InChI=1S/C34H29ClN8O5S3/c1-48-40-26(27-29(35)51-34(37)39-27)25(44)12-23-31(45)43-28(33(46)47)20(17-50-32(23)43)14-41-9-8-24-18(13-41)7-10-42(24)15-22-11-19(16-49-22)30(36)38-21-5-3-2-4-6-21/h2-11,13,16,23,32H,12,14-15,17H2,1H3,(H4-,36,37,38,39,46,47)/b40-26+/t23-,32-/m1/s1. The van der Waals surface area contributed by atoms with Crippen molar-refractivity contribution >= 4 is 97.0 Å². The van der Waals surface area contributed by atoms with Crippen LogP contribution in [0.3, 0.4) is 0 Å². The van der Waals surface area contributed by atoms with E-state index in [9.17, 15) is 19.5 Å². The van der Waals surface area contributed by atoms with E-state index in [1.807, 2.05) is 77.1 Å². The Hall–Kier alpha value is -5.03. The number of amidine groups is 1. The van der Waals surface area contributed by atoms with Gasteiger partial charge in [-0.3, -0.25) is 14.5 Å². The first-order valence-corrected chi connectivity index (χ1v) is 18.6. The highest BCUT2D eigenvalue weighted by Crippen LogP contribution is 2.45. The molecule has 0 spiro atoms. The Morgan fingerprint density at radius 2 is 2.02 bits per heavy atom. The summed E-state index contributed by atoms with van der Waals surface area (Å²) < 4.78 is 4.18. The quantitative estimate of drug-likeness (QED) is 0.0633. The Kier molecular flexibility index (Phi) is 9.65. The number of thiazole rings is 1. The van der Waals surface area contributed by atoms with Crippen LogP contribution in [0.4, 0.5) is 10.8 Å². The third-order valence-corrected chi connectivity index (χ3v) is 11.9. The number of amides is 1. The molecule has 13 nitrogen and oxygen atoms in total. The molecule has 2 aliphatic rings. The van der Waals surface area contributed by atoms with Crippen LogP contribution in [0.2, 0.25) is 4.34 Å². The van der Waals surface area contributed by atoms with E-state index in [-0.39, 0.29) is 39.5 Å². The predicted octanol–water partition coefficient (Wildman–Crippen LogP) is 3.31. The van der Waals surface area contributed by atoms with E-state index >= 15 is 0 Å². The lowest BCUT2D eigenvalue weighted by molar-refractivity contribution is -0.687. The third-order valence-electron chi connectivity index (χ3n) is 8.45. The Morgan fingerprint density at radius 3 is 2.75 bits per heavy atom. The molecule has 1 aromatic carbocycles. The number of benzene rings is 1. The minimum atomic E-state index is -1.45. The van der Waals surface area contributed by atoms with Gasteiger partial charge in [0.2, 0.25) is 5.91 Å². The van der Waals surface area contributed by atoms with Crippen molar-refractivity contribution in [2.24, 2.45) is 21.8 Å². The second-order valence-electron chi connectivity index (χ2n) is 11.7. The number of pyridine rings is 1. The number of aliphatic carboxylic acids is 1. The molecule has 0 bridgehead atoms. The Bertz CT molecular complexity index is 2280. The van der Waals surface area contributed by atoms with Crippen LogP contribution in [0.5, 0.6) is 0 Å². The van der Waals surface area contributed by atoms with Crippen molar-refractivity contribution in [2.45, 2.75) is 24.9 Å². The zero-order valence-electron chi connectivity index (χ0n) is 26.9. The fraction of sp³-hybridized carbons (Fsp3) is 0.206. The molecule has 1 amide bonds.